The molecular formula is C19H20ClN3O4S. The number of rotatable bonds is 6. The monoisotopic (exact) mass is 421 g/mol. The average molecular weight is 422 g/mol. The SMILES string of the molecule is COc1ccc(C(=O)NNC(=S)NC(=O)CCc2ccccc2Cl)cc1OC. The zero-order chi connectivity index (χ0) is 20.5. The molecule has 0 unspecified atom stereocenters. The van der Waals surface area contributed by atoms with Crippen molar-refractivity contribution >= 4 is 40.7 Å². The predicted molar refractivity (Wildman–Crippen MR) is 111 cm³/mol. The van der Waals surface area contributed by atoms with Gasteiger partial charge in [0, 0.05) is 17.0 Å². The molecule has 2 aromatic carbocycles. The largest absolute Gasteiger partial charge is 0.493 e. The third kappa shape index (κ3) is 6.11. The number of halogens is 1. The molecule has 2 amide bonds. The highest BCUT2D eigenvalue weighted by Crippen LogP contribution is 2.27. The summed E-state index contributed by atoms with van der Waals surface area (Å²) in [6, 6.07) is 12.0. The quantitative estimate of drug-likeness (QED) is 0.491. The van der Waals surface area contributed by atoms with Crippen LogP contribution in [0.1, 0.15) is 22.3 Å². The first-order valence-electron chi connectivity index (χ1n) is 8.30. The maximum atomic E-state index is 12.2. The van der Waals surface area contributed by atoms with Crippen LogP contribution in [0.25, 0.3) is 0 Å². The number of hydrogen-bond donors (Lipinski definition) is 3. The molecule has 0 heterocycles. The lowest BCUT2D eigenvalue weighted by Gasteiger charge is -2.12. The van der Waals surface area contributed by atoms with Crippen molar-refractivity contribution in [2.45, 2.75) is 12.8 Å². The van der Waals surface area contributed by atoms with E-state index in [2.05, 4.69) is 16.2 Å². The van der Waals surface area contributed by atoms with Crippen molar-refractivity contribution in [3.8, 4) is 11.5 Å². The summed E-state index contributed by atoms with van der Waals surface area (Å²) in [7, 11) is 2.98. The number of carbonyl (C=O) groups excluding carboxylic acids is 2. The van der Waals surface area contributed by atoms with Gasteiger partial charge in [0.15, 0.2) is 16.6 Å². The Morgan fingerprint density at radius 1 is 1.04 bits per heavy atom. The van der Waals surface area contributed by atoms with E-state index in [-0.39, 0.29) is 17.4 Å². The van der Waals surface area contributed by atoms with E-state index in [4.69, 9.17) is 33.3 Å². The molecule has 0 radical (unpaired) electrons. The minimum atomic E-state index is -0.450. The van der Waals surface area contributed by atoms with E-state index in [9.17, 15) is 9.59 Å². The van der Waals surface area contributed by atoms with Crippen LogP contribution in [0.2, 0.25) is 5.02 Å². The summed E-state index contributed by atoms with van der Waals surface area (Å²) in [6.07, 6.45) is 0.682. The first kappa shape index (κ1) is 21.5. The van der Waals surface area contributed by atoms with Gasteiger partial charge in [0.25, 0.3) is 5.91 Å². The minimum absolute atomic E-state index is 0.0158. The first-order chi connectivity index (χ1) is 13.4. The van der Waals surface area contributed by atoms with Crippen LogP contribution in [0.15, 0.2) is 42.5 Å². The molecule has 0 aliphatic carbocycles. The number of thiocarbonyl (C=S) groups is 1. The number of carbonyl (C=O) groups is 2. The normalized spacial score (nSPS) is 9.96. The summed E-state index contributed by atoms with van der Waals surface area (Å²) in [6.45, 7) is 0. The van der Waals surface area contributed by atoms with Crippen LogP contribution in [0.4, 0.5) is 0 Å². The number of ether oxygens (including phenoxy) is 2. The second-order valence-electron chi connectivity index (χ2n) is 5.62. The van der Waals surface area contributed by atoms with Gasteiger partial charge in [-0.05, 0) is 48.5 Å². The molecule has 2 aromatic rings. The maximum absolute atomic E-state index is 12.2. The van der Waals surface area contributed by atoms with Crippen molar-refractivity contribution in [1.82, 2.24) is 16.2 Å². The molecule has 3 N–H and O–H groups in total. The molecule has 0 atom stereocenters. The maximum Gasteiger partial charge on any atom is 0.269 e. The van der Waals surface area contributed by atoms with E-state index in [0.717, 1.165) is 5.56 Å². The Labute approximate surface area is 173 Å². The molecule has 0 aromatic heterocycles. The standard InChI is InChI=1S/C19H20ClN3O4S/c1-26-15-9-7-13(11-16(15)27-2)18(25)22-23-19(28)21-17(24)10-8-12-5-3-4-6-14(12)20/h3-7,9,11H,8,10H2,1-2H3,(H,22,25)(H2,21,23,24,28). The van der Waals surface area contributed by atoms with Gasteiger partial charge in [-0.3, -0.25) is 20.4 Å². The number of benzene rings is 2. The second kappa shape index (κ2) is 10.5. The number of nitrogens with one attached hydrogen (secondary N) is 3. The molecule has 2 rings (SSSR count). The number of hydrogen-bond acceptors (Lipinski definition) is 5. The predicted octanol–water partition coefficient (Wildman–Crippen LogP) is 2.63. The molecule has 0 saturated heterocycles. The van der Waals surface area contributed by atoms with Crippen LogP contribution in [-0.4, -0.2) is 31.1 Å². The molecule has 0 aliphatic rings. The van der Waals surface area contributed by atoms with Crippen molar-refractivity contribution in [3.63, 3.8) is 0 Å². The Balaban J connectivity index is 1.80. The van der Waals surface area contributed by atoms with Crippen LogP contribution >= 0.6 is 23.8 Å². The number of aryl methyl sites for hydroxylation is 1. The van der Waals surface area contributed by atoms with Crippen LogP contribution in [-0.2, 0) is 11.2 Å². The van der Waals surface area contributed by atoms with Gasteiger partial charge in [0.05, 0.1) is 14.2 Å². The van der Waals surface area contributed by atoms with Gasteiger partial charge in [-0.25, -0.2) is 0 Å². The molecule has 0 bridgehead atoms. The molecule has 0 saturated carbocycles. The molecule has 7 nitrogen and oxygen atoms in total. The van der Waals surface area contributed by atoms with Crippen LogP contribution in [0, 0.1) is 0 Å². The minimum Gasteiger partial charge on any atom is -0.493 e. The fourth-order valence-electron chi connectivity index (χ4n) is 2.33. The molecule has 0 aliphatic heterocycles. The Hall–Kier alpha value is -2.84. The third-order valence-corrected chi connectivity index (χ3v) is 4.34. The van der Waals surface area contributed by atoms with Crippen LogP contribution in [0.3, 0.4) is 0 Å². The Kier molecular flexibility index (Phi) is 8.03. The average Bonchev–Trinajstić information content (AvgIpc) is 2.70. The van der Waals surface area contributed by atoms with Crippen molar-refractivity contribution < 1.29 is 19.1 Å². The van der Waals surface area contributed by atoms with Crippen molar-refractivity contribution in [1.29, 1.82) is 0 Å². The fourth-order valence-corrected chi connectivity index (χ4v) is 2.73. The van der Waals surface area contributed by atoms with Crippen LogP contribution in [0.5, 0.6) is 11.5 Å². The summed E-state index contributed by atoms with van der Waals surface area (Å²) >= 11 is 11.1. The van der Waals surface area contributed by atoms with Crippen molar-refractivity contribution in [2.75, 3.05) is 14.2 Å². The Bertz CT molecular complexity index is 876. The van der Waals surface area contributed by atoms with E-state index >= 15 is 0 Å². The van der Waals surface area contributed by atoms with Gasteiger partial charge in [-0.15, -0.1) is 0 Å². The van der Waals surface area contributed by atoms with Gasteiger partial charge in [-0.2, -0.15) is 0 Å². The lowest BCUT2D eigenvalue weighted by Crippen LogP contribution is -2.48. The van der Waals surface area contributed by atoms with E-state index in [0.29, 0.717) is 28.5 Å². The topological polar surface area (TPSA) is 88.7 Å². The summed E-state index contributed by atoms with van der Waals surface area (Å²) in [5.41, 5.74) is 6.11. The van der Waals surface area contributed by atoms with E-state index in [1.165, 1.54) is 20.3 Å². The van der Waals surface area contributed by atoms with Gasteiger partial charge >= 0.3 is 0 Å². The molecule has 0 spiro atoms. The number of hydrazine groups is 1. The van der Waals surface area contributed by atoms with Gasteiger partial charge in [0.1, 0.15) is 0 Å². The highest BCUT2D eigenvalue weighted by molar-refractivity contribution is 7.80. The zero-order valence-corrected chi connectivity index (χ0v) is 16.9. The zero-order valence-electron chi connectivity index (χ0n) is 15.4. The highest BCUT2D eigenvalue weighted by Gasteiger charge is 2.12. The van der Waals surface area contributed by atoms with Gasteiger partial charge in [0.2, 0.25) is 5.91 Å². The molecule has 148 valence electrons. The van der Waals surface area contributed by atoms with Crippen molar-refractivity contribution in [2.24, 2.45) is 0 Å². The second-order valence-corrected chi connectivity index (χ2v) is 6.43. The van der Waals surface area contributed by atoms with Crippen LogP contribution < -0.4 is 25.6 Å². The van der Waals surface area contributed by atoms with E-state index in [1.54, 1.807) is 18.2 Å². The lowest BCUT2D eigenvalue weighted by molar-refractivity contribution is -0.119. The summed E-state index contributed by atoms with van der Waals surface area (Å²) < 4.78 is 10.3. The van der Waals surface area contributed by atoms with Gasteiger partial charge in [-0.1, -0.05) is 29.8 Å². The molecular weight excluding hydrogens is 402 g/mol. The molecule has 9 heteroatoms. The van der Waals surface area contributed by atoms with E-state index in [1.807, 2.05) is 18.2 Å². The number of amides is 2. The summed E-state index contributed by atoms with van der Waals surface area (Å²) in [5, 5.41) is 3.09. The smallest absolute Gasteiger partial charge is 0.269 e. The fraction of sp³-hybridized carbons (Fsp3) is 0.211. The third-order valence-electron chi connectivity index (χ3n) is 3.77. The molecule has 0 fully saturated rings. The highest BCUT2D eigenvalue weighted by atomic mass is 35.5. The summed E-state index contributed by atoms with van der Waals surface area (Å²) in [4.78, 5) is 24.2. The Morgan fingerprint density at radius 2 is 1.75 bits per heavy atom. The lowest BCUT2D eigenvalue weighted by atomic mass is 10.1. The number of methoxy groups -OCH3 is 2. The van der Waals surface area contributed by atoms with Crippen molar-refractivity contribution in [3.05, 3.63) is 58.6 Å². The van der Waals surface area contributed by atoms with E-state index < -0.39 is 5.91 Å². The first-order valence-corrected chi connectivity index (χ1v) is 9.08. The summed E-state index contributed by atoms with van der Waals surface area (Å²) in [5.74, 6) is 0.185. The van der Waals surface area contributed by atoms with Gasteiger partial charge < -0.3 is 14.8 Å². The Morgan fingerprint density at radius 3 is 2.43 bits per heavy atom. The molecule has 28 heavy (non-hydrogen) atoms.